The second-order valence-corrected chi connectivity index (χ2v) is 5.22. The number of carboxylic acids is 1. The molecule has 0 aliphatic rings. The number of pyridine rings is 1. The average Bonchev–Trinajstić information content (AvgIpc) is 2.42. The van der Waals surface area contributed by atoms with Gasteiger partial charge in [-0.05, 0) is 30.5 Å². The quantitative estimate of drug-likeness (QED) is 0.887. The number of aliphatic carboxylic acids is 1. The number of hydrogen-bond acceptors (Lipinski definition) is 2. The topological polar surface area (TPSA) is 50.2 Å². The Morgan fingerprint density at radius 3 is 2.80 bits per heavy atom. The molecule has 0 spiro atoms. The van der Waals surface area contributed by atoms with Gasteiger partial charge in [0.05, 0.1) is 10.0 Å². The molecule has 2 rings (SSSR count). The molecule has 20 heavy (non-hydrogen) atoms. The van der Waals surface area contributed by atoms with E-state index in [4.69, 9.17) is 28.3 Å². The number of carboxylic acid groups (broad SMARTS) is 1. The molecule has 0 atom stereocenters. The first-order valence-corrected chi connectivity index (χ1v) is 6.93. The third-order valence-corrected chi connectivity index (χ3v) is 3.73. The van der Waals surface area contributed by atoms with Gasteiger partial charge in [0.1, 0.15) is 0 Å². The fourth-order valence-electron chi connectivity index (χ4n) is 1.94. The van der Waals surface area contributed by atoms with E-state index >= 15 is 0 Å². The van der Waals surface area contributed by atoms with Crippen molar-refractivity contribution < 1.29 is 9.90 Å². The van der Waals surface area contributed by atoms with Crippen LogP contribution in [0.25, 0.3) is 11.1 Å². The van der Waals surface area contributed by atoms with Gasteiger partial charge in [0, 0.05) is 29.9 Å². The number of aromatic nitrogens is 1. The predicted molar refractivity (Wildman–Crippen MR) is 80.3 cm³/mol. The second kappa shape index (κ2) is 6.73. The highest BCUT2D eigenvalue weighted by atomic mass is 35.5. The lowest BCUT2D eigenvalue weighted by atomic mass is 10.0. The van der Waals surface area contributed by atoms with Crippen molar-refractivity contribution in [3.8, 4) is 11.1 Å². The maximum atomic E-state index is 10.5. The second-order valence-electron chi connectivity index (χ2n) is 4.43. The van der Waals surface area contributed by atoms with Gasteiger partial charge in [-0.2, -0.15) is 0 Å². The van der Waals surface area contributed by atoms with Crippen LogP contribution in [0.4, 0.5) is 0 Å². The minimum absolute atomic E-state index is 0.155. The minimum Gasteiger partial charge on any atom is -0.481 e. The molecule has 104 valence electrons. The fourth-order valence-corrected chi connectivity index (χ4v) is 2.35. The lowest BCUT2D eigenvalue weighted by molar-refractivity contribution is -0.137. The van der Waals surface area contributed by atoms with Crippen molar-refractivity contribution >= 4 is 29.2 Å². The van der Waals surface area contributed by atoms with Crippen LogP contribution in [-0.4, -0.2) is 16.1 Å². The van der Waals surface area contributed by atoms with Crippen LogP contribution in [0, 0.1) is 0 Å². The molecule has 3 nitrogen and oxygen atoms in total. The van der Waals surface area contributed by atoms with Crippen molar-refractivity contribution in [2.45, 2.75) is 19.3 Å². The number of halogens is 2. The number of nitrogens with zero attached hydrogens (tertiary/aromatic N) is 1. The third-order valence-electron chi connectivity index (χ3n) is 2.91. The van der Waals surface area contributed by atoms with Gasteiger partial charge < -0.3 is 5.11 Å². The van der Waals surface area contributed by atoms with E-state index in [9.17, 15) is 4.79 Å². The van der Waals surface area contributed by atoms with Gasteiger partial charge in [-0.1, -0.05) is 35.3 Å². The van der Waals surface area contributed by atoms with Crippen LogP contribution in [0.3, 0.4) is 0 Å². The van der Waals surface area contributed by atoms with E-state index in [2.05, 4.69) is 4.98 Å². The summed E-state index contributed by atoms with van der Waals surface area (Å²) in [6, 6.07) is 7.41. The van der Waals surface area contributed by atoms with E-state index in [1.807, 2.05) is 18.2 Å². The van der Waals surface area contributed by atoms with Crippen LogP contribution in [0.1, 0.15) is 18.4 Å². The summed E-state index contributed by atoms with van der Waals surface area (Å²) in [6.07, 6.45) is 4.87. The standard InChI is InChI=1S/C15H13Cl2NO2/c16-13-5-2-4-12(15(13)17)11-7-10(8-18-9-11)3-1-6-14(19)20/h2,4-5,7-9H,1,3,6H2,(H,19,20). The zero-order valence-corrected chi connectivity index (χ0v) is 12.2. The lowest BCUT2D eigenvalue weighted by Crippen LogP contribution is -1.96. The summed E-state index contributed by atoms with van der Waals surface area (Å²) in [5.41, 5.74) is 2.69. The van der Waals surface area contributed by atoms with Gasteiger partial charge in [-0.15, -0.1) is 0 Å². The van der Waals surface area contributed by atoms with Crippen molar-refractivity contribution in [3.63, 3.8) is 0 Å². The van der Waals surface area contributed by atoms with Gasteiger partial charge in [-0.3, -0.25) is 9.78 Å². The Bertz CT molecular complexity index is 629. The Balaban J connectivity index is 2.21. The summed E-state index contributed by atoms with van der Waals surface area (Å²) < 4.78 is 0. The molecule has 5 heteroatoms. The number of aryl methyl sites for hydroxylation is 1. The van der Waals surface area contributed by atoms with Gasteiger partial charge >= 0.3 is 5.97 Å². The molecule has 0 bridgehead atoms. The van der Waals surface area contributed by atoms with Gasteiger partial charge in [0.15, 0.2) is 0 Å². The van der Waals surface area contributed by atoms with Crippen LogP contribution in [0.5, 0.6) is 0 Å². The van der Waals surface area contributed by atoms with Crippen LogP contribution >= 0.6 is 23.2 Å². The van der Waals surface area contributed by atoms with Crippen LogP contribution in [-0.2, 0) is 11.2 Å². The zero-order valence-electron chi connectivity index (χ0n) is 10.6. The summed E-state index contributed by atoms with van der Waals surface area (Å²) in [5, 5.41) is 9.64. The largest absolute Gasteiger partial charge is 0.481 e. The normalized spacial score (nSPS) is 10.5. The van der Waals surface area contributed by atoms with Crippen molar-refractivity contribution in [3.05, 3.63) is 52.3 Å². The molecule has 0 saturated heterocycles. The van der Waals surface area contributed by atoms with Crippen molar-refractivity contribution in [1.29, 1.82) is 0 Å². The molecule has 1 aromatic heterocycles. The molecule has 0 unspecified atom stereocenters. The monoisotopic (exact) mass is 309 g/mol. The first-order chi connectivity index (χ1) is 9.58. The Morgan fingerprint density at radius 2 is 2.05 bits per heavy atom. The first-order valence-electron chi connectivity index (χ1n) is 6.18. The smallest absolute Gasteiger partial charge is 0.303 e. The van der Waals surface area contributed by atoms with E-state index < -0.39 is 5.97 Å². The molecular weight excluding hydrogens is 297 g/mol. The Morgan fingerprint density at radius 1 is 1.25 bits per heavy atom. The van der Waals surface area contributed by atoms with Gasteiger partial charge in [-0.25, -0.2) is 0 Å². The van der Waals surface area contributed by atoms with Crippen molar-refractivity contribution in [1.82, 2.24) is 4.98 Å². The molecule has 1 N–H and O–H groups in total. The van der Waals surface area contributed by atoms with Gasteiger partial charge in [0.25, 0.3) is 0 Å². The van der Waals surface area contributed by atoms with Gasteiger partial charge in [0.2, 0.25) is 0 Å². The average molecular weight is 310 g/mol. The summed E-state index contributed by atoms with van der Waals surface area (Å²) in [5.74, 6) is -0.785. The van der Waals surface area contributed by atoms with E-state index in [0.717, 1.165) is 16.7 Å². The number of carbonyl (C=O) groups is 1. The summed E-state index contributed by atoms with van der Waals surface area (Å²) in [4.78, 5) is 14.7. The number of rotatable bonds is 5. The Kier molecular flexibility index (Phi) is 4.99. The number of hydrogen-bond donors (Lipinski definition) is 1. The first kappa shape index (κ1) is 14.8. The van der Waals surface area contributed by atoms with Crippen molar-refractivity contribution in [2.24, 2.45) is 0 Å². The zero-order chi connectivity index (χ0) is 14.5. The molecule has 0 saturated carbocycles. The third kappa shape index (κ3) is 3.71. The maximum Gasteiger partial charge on any atom is 0.303 e. The summed E-state index contributed by atoms with van der Waals surface area (Å²) in [6.45, 7) is 0. The van der Waals surface area contributed by atoms with E-state index in [0.29, 0.717) is 22.9 Å². The molecule has 0 amide bonds. The highest BCUT2D eigenvalue weighted by molar-refractivity contribution is 6.43. The highest BCUT2D eigenvalue weighted by Gasteiger charge is 2.08. The molecule has 1 aromatic carbocycles. The SMILES string of the molecule is O=C(O)CCCc1cncc(-c2cccc(Cl)c2Cl)c1. The molecule has 0 radical (unpaired) electrons. The van der Waals surface area contributed by atoms with E-state index in [-0.39, 0.29) is 6.42 Å². The number of benzene rings is 1. The molecular formula is C15H13Cl2NO2. The molecule has 0 fully saturated rings. The summed E-state index contributed by atoms with van der Waals surface area (Å²) in [7, 11) is 0. The molecule has 1 heterocycles. The highest BCUT2D eigenvalue weighted by Crippen LogP contribution is 2.33. The molecule has 0 aliphatic heterocycles. The minimum atomic E-state index is -0.785. The van der Waals surface area contributed by atoms with E-state index in [1.165, 1.54) is 0 Å². The Hall–Kier alpha value is -1.58. The van der Waals surface area contributed by atoms with Crippen molar-refractivity contribution in [2.75, 3.05) is 0 Å². The molecule has 2 aromatic rings. The lowest BCUT2D eigenvalue weighted by Gasteiger charge is -2.07. The van der Waals surface area contributed by atoms with Crippen LogP contribution < -0.4 is 0 Å². The van der Waals surface area contributed by atoms with Crippen LogP contribution in [0.15, 0.2) is 36.7 Å². The van der Waals surface area contributed by atoms with E-state index in [1.54, 1.807) is 18.5 Å². The summed E-state index contributed by atoms with van der Waals surface area (Å²) >= 11 is 12.2. The molecule has 0 aliphatic carbocycles. The maximum absolute atomic E-state index is 10.5. The van der Waals surface area contributed by atoms with Crippen LogP contribution in [0.2, 0.25) is 10.0 Å². The predicted octanol–water partition coefficient (Wildman–Crippen LogP) is 4.46. The fraction of sp³-hybridized carbons (Fsp3) is 0.200. The Labute approximate surface area is 127 Å².